The van der Waals surface area contributed by atoms with E-state index in [1.54, 1.807) is 7.11 Å². The average molecular weight is 300 g/mol. The molecule has 0 spiro atoms. The van der Waals surface area contributed by atoms with E-state index in [1.165, 1.54) is 0 Å². The molecule has 22 heavy (non-hydrogen) atoms. The zero-order valence-electron chi connectivity index (χ0n) is 12.6. The van der Waals surface area contributed by atoms with Gasteiger partial charge in [0.15, 0.2) is 0 Å². The Hall–Kier alpha value is -2.24. The average Bonchev–Trinajstić information content (AvgIpc) is 2.63. The molecule has 1 heterocycles. The Morgan fingerprint density at radius 2 is 1.36 bits per heavy atom. The minimum atomic E-state index is 0.724. The number of hydrogen-bond donors (Lipinski definition) is 0. The first kappa shape index (κ1) is 16.1. The summed E-state index contributed by atoms with van der Waals surface area (Å²) in [6.45, 7) is 3.11. The molecule has 0 aromatic heterocycles. The van der Waals surface area contributed by atoms with Gasteiger partial charge in [-0.3, -0.25) is 0 Å². The fourth-order valence-electron chi connectivity index (χ4n) is 1.76. The first-order valence-corrected chi connectivity index (χ1v) is 7.15. The SMILES string of the molecule is C1COCCO1.COc1ccccc1N=Nc1ccccc1. The number of benzene rings is 2. The molecule has 2 aromatic carbocycles. The second kappa shape index (κ2) is 9.65. The van der Waals surface area contributed by atoms with Gasteiger partial charge in [0, 0.05) is 0 Å². The third-order valence-corrected chi connectivity index (χ3v) is 2.86. The largest absolute Gasteiger partial charge is 0.494 e. The highest BCUT2D eigenvalue weighted by Gasteiger charge is 1.98. The van der Waals surface area contributed by atoms with E-state index in [9.17, 15) is 0 Å². The monoisotopic (exact) mass is 300 g/mol. The molecule has 0 atom stereocenters. The lowest BCUT2D eigenvalue weighted by Crippen LogP contribution is -2.16. The van der Waals surface area contributed by atoms with Crippen molar-refractivity contribution in [3.8, 4) is 5.75 Å². The van der Waals surface area contributed by atoms with Gasteiger partial charge in [-0.25, -0.2) is 0 Å². The van der Waals surface area contributed by atoms with Gasteiger partial charge in [0.2, 0.25) is 0 Å². The van der Waals surface area contributed by atoms with E-state index in [2.05, 4.69) is 10.2 Å². The van der Waals surface area contributed by atoms with E-state index in [-0.39, 0.29) is 0 Å². The molecular weight excluding hydrogens is 280 g/mol. The van der Waals surface area contributed by atoms with Crippen molar-refractivity contribution < 1.29 is 14.2 Å². The van der Waals surface area contributed by atoms with E-state index >= 15 is 0 Å². The maximum Gasteiger partial charge on any atom is 0.146 e. The molecule has 0 bridgehead atoms. The van der Waals surface area contributed by atoms with Crippen LogP contribution in [-0.4, -0.2) is 33.5 Å². The Morgan fingerprint density at radius 1 is 0.773 bits per heavy atom. The standard InChI is InChI=1S/C13H12N2O.C4H8O2/c1-16-13-10-6-5-9-12(13)15-14-11-7-3-2-4-8-11;1-2-6-4-3-5-1/h2-10H,1H3;1-4H2. The summed E-state index contributed by atoms with van der Waals surface area (Å²) in [7, 11) is 1.62. The Balaban J connectivity index is 0.000000246. The van der Waals surface area contributed by atoms with Crippen LogP contribution in [0.2, 0.25) is 0 Å². The van der Waals surface area contributed by atoms with Crippen molar-refractivity contribution in [2.24, 2.45) is 10.2 Å². The summed E-state index contributed by atoms with van der Waals surface area (Å²) < 4.78 is 15.1. The van der Waals surface area contributed by atoms with Crippen LogP contribution in [0.4, 0.5) is 11.4 Å². The van der Waals surface area contributed by atoms with Crippen molar-refractivity contribution in [3.05, 3.63) is 54.6 Å². The first-order valence-electron chi connectivity index (χ1n) is 7.15. The van der Waals surface area contributed by atoms with Crippen LogP contribution in [0.15, 0.2) is 64.8 Å². The van der Waals surface area contributed by atoms with Gasteiger partial charge in [0.05, 0.1) is 39.2 Å². The smallest absolute Gasteiger partial charge is 0.146 e. The van der Waals surface area contributed by atoms with Crippen LogP contribution >= 0.6 is 0 Å². The van der Waals surface area contributed by atoms with Crippen molar-refractivity contribution in [2.45, 2.75) is 0 Å². The van der Waals surface area contributed by atoms with Gasteiger partial charge in [-0.2, -0.15) is 5.11 Å². The maximum atomic E-state index is 5.18. The molecule has 3 rings (SSSR count). The van der Waals surface area contributed by atoms with Gasteiger partial charge in [0.25, 0.3) is 0 Å². The normalized spacial score (nSPS) is 14.2. The third kappa shape index (κ3) is 5.63. The lowest BCUT2D eigenvalue weighted by atomic mass is 10.3. The molecule has 1 saturated heterocycles. The molecule has 5 nitrogen and oxygen atoms in total. The third-order valence-electron chi connectivity index (χ3n) is 2.86. The zero-order valence-corrected chi connectivity index (χ0v) is 12.6. The lowest BCUT2D eigenvalue weighted by molar-refractivity contribution is -0.0334. The fraction of sp³-hybridized carbons (Fsp3) is 0.294. The zero-order chi connectivity index (χ0) is 15.5. The Kier molecular flexibility index (Phi) is 7.08. The summed E-state index contributed by atoms with van der Waals surface area (Å²) in [6.07, 6.45) is 0. The van der Waals surface area contributed by atoms with Crippen molar-refractivity contribution in [2.75, 3.05) is 33.5 Å². The minimum absolute atomic E-state index is 0.724. The van der Waals surface area contributed by atoms with Gasteiger partial charge in [-0.1, -0.05) is 30.3 Å². The molecule has 116 valence electrons. The van der Waals surface area contributed by atoms with E-state index < -0.39 is 0 Å². The first-order chi connectivity index (χ1) is 10.9. The quantitative estimate of drug-likeness (QED) is 0.800. The van der Waals surface area contributed by atoms with Gasteiger partial charge in [-0.05, 0) is 24.3 Å². The van der Waals surface area contributed by atoms with Crippen molar-refractivity contribution in [3.63, 3.8) is 0 Å². The number of azo groups is 1. The van der Waals surface area contributed by atoms with E-state index in [4.69, 9.17) is 14.2 Å². The Bertz CT molecular complexity index is 558. The van der Waals surface area contributed by atoms with Crippen LogP contribution in [0.5, 0.6) is 5.75 Å². The molecule has 1 aliphatic heterocycles. The van der Waals surface area contributed by atoms with Gasteiger partial charge in [-0.15, -0.1) is 5.11 Å². The molecule has 0 radical (unpaired) electrons. The maximum absolute atomic E-state index is 5.18. The van der Waals surface area contributed by atoms with E-state index in [0.29, 0.717) is 0 Å². The fourth-order valence-corrected chi connectivity index (χ4v) is 1.76. The topological polar surface area (TPSA) is 52.4 Å². The van der Waals surface area contributed by atoms with Crippen LogP contribution in [0.1, 0.15) is 0 Å². The van der Waals surface area contributed by atoms with Gasteiger partial charge in [0.1, 0.15) is 11.4 Å². The molecule has 0 unspecified atom stereocenters. The Morgan fingerprint density at radius 3 is 1.95 bits per heavy atom. The lowest BCUT2D eigenvalue weighted by Gasteiger charge is -2.09. The van der Waals surface area contributed by atoms with Crippen molar-refractivity contribution in [1.29, 1.82) is 0 Å². The highest BCUT2D eigenvalue weighted by Crippen LogP contribution is 2.27. The Labute approximate surface area is 130 Å². The highest BCUT2D eigenvalue weighted by molar-refractivity contribution is 5.51. The summed E-state index contributed by atoms with van der Waals surface area (Å²) in [5.74, 6) is 0.724. The number of ether oxygens (including phenoxy) is 3. The number of nitrogens with zero attached hydrogens (tertiary/aromatic N) is 2. The highest BCUT2D eigenvalue weighted by atomic mass is 16.6. The molecule has 1 fully saturated rings. The van der Waals surface area contributed by atoms with Crippen LogP contribution in [-0.2, 0) is 9.47 Å². The number of hydrogen-bond acceptors (Lipinski definition) is 5. The summed E-state index contributed by atoms with van der Waals surface area (Å²) >= 11 is 0. The van der Waals surface area contributed by atoms with Crippen molar-refractivity contribution >= 4 is 11.4 Å². The molecule has 1 aliphatic rings. The molecule has 0 N–H and O–H groups in total. The molecule has 0 aliphatic carbocycles. The van der Waals surface area contributed by atoms with Crippen LogP contribution < -0.4 is 4.74 Å². The second-order valence-corrected chi connectivity index (χ2v) is 4.43. The van der Waals surface area contributed by atoms with E-state index in [0.717, 1.165) is 43.6 Å². The van der Waals surface area contributed by atoms with Crippen LogP contribution in [0.3, 0.4) is 0 Å². The van der Waals surface area contributed by atoms with E-state index in [1.807, 2.05) is 54.6 Å². The number of methoxy groups -OCH3 is 1. The molecule has 0 amide bonds. The van der Waals surface area contributed by atoms with Gasteiger partial charge < -0.3 is 14.2 Å². The summed E-state index contributed by atoms with van der Waals surface area (Å²) in [4.78, 5) is 0. The number of rotatable bonds is 3. The number of para-hydroxylation sites is 1. The molecule has 2 aromatic rings. The summed E-state index contributed by atoms with van der Waals surface area (Å²) in [5.41, 5.74) is 1.56. The van der Waals surface area contributed by atoms with Gasteiger partial charge >= 0.3 is 0 Å². The van der Waals surface area contributed by atoms with Crippen LogP contribution in [0, 0.1) is 0 Å². The van der Waals surface area contributed by atoms with Crippen LogP contribution in [0.25, 0.3) is 0 Å². The predicted octanol–water partition coefficient (Wildman–Crippen LogP) is 4.14. The predicted molar refractivity (Wildman–Crippen MR) is 85.3 cm³/mol. The molecular formula is C17H20N2O3. The summed E-state index contributed by atoms with van der Waals surface area (Å²) in [5, 5.41) is 8.28. The molecule has 5 heteroatoms. The summed E-state index contributed by atoms with van der Waals surface area (Å²) in [6, 6.07) is 17.1. The van der Waals surface area contributed by atoms with Crippen molar-refractivity contribution in [1.82, 2.24) is 0 Å². The molecule has 0 saturated carbocycles. The second-order valence-electron chi connectivity index (χ2n) is 4.43. The minimum Gasteiger partial charge on any atom is -0.494 e.